The van der Waals surface area contributed by atoms with Gasteiger partial charge in [0.2, 0.25) is 0 Å². The monoisotopic (exact) mass is 252 g/mol. The van der Waals surface area contributed by atoms with Gasteiger partial charge >= 0.3 is 5.97 Å². The summed E-state index contributed by atoms with van der Waals surface area (Å²) in [6.45, 7) is 9.63. The highest BCUT2D eigenvalue weighted by Crippen LogP contribution is 2.20. The molecule has 3 nitrogen and oxygen atoms in total. The SMILES string of the molecule is C=C(/C=C/[C@H](CCC(=O)O)C(C)C)CCC(C)=O. The molecule has 0 saturated carbocycles. The van der Waals surface area contributed by atoms with E-state index in [1.165, 1.54) is 0 Å². The van der Waals surface area contributed by atoms with Gasteiger partial charge in [0, 0.05) is 12.8 Å². The molecule has 102 valence electrons. The van der Waals surface area contributed by atoms with E-state index in [9.17, 15) is 9.59 Å². The maximum atomic E-state index is 10.8. The van der Waals surface area contributed by atoms with Gasteiger partial charge in [-0.3, -0.25) is 4.79 Å². The molecule has 0 rings (SSSR count). The molecule has 0 saturated heterocycles. The number of carboxylic acid groups (broad SMARTS) is 1. The van der Waals surface area contributed by atoms with Crippen LogP contribution >= 0.6 is 0 Å². The predicted molar refractivity (Wildman–Crippen MR) is 73.4 cm³/mol. The van der Waals surface area contributed by atoms with Crippen LogP contribution in [0.4, 0.5) is 0 Å². The summed E-state index contributed by atoms with van der Waals surface area (Å²) in [4.78, 5) is 21.4. The maximum Gasteiger partial charge on any atom is 0.303 e. The van der Waals surface area contributed by atoms with Gasteiger partial charge in [-0.25, -0.2) is 0 Å². The van der Waals surface area contributed by atoms with Gasteiger partial charge in [-0.1, -0.05) is 38.2 Å². The first kappa shape index (κ1) is 16.6. The Hall–Kier alpha value is -1.38. The smallest absolute Gasteiger partial charge is 0.303 e. The first-order chi connectivity index (χ1) is 8.32. The Morgan fingerprint density at radius 3 is 2.28 bits per heavy atom. The van der Waals surface area contributed by atoms with Crippen molar-refractivity contribution in [1.29, 1.82) is 0 Å². The lowest BCUT2D eigenvalue weighted by Crippen LogP contribution is -2.08. The molecule has 1 N–H and O–H groups in total. The second-order valence-corrected chi connectivity index (χ2v) is 5.06. The highest BCUT2D eigenvalue weighted by atomic mass is 16.4. The first-order valence-corrected chi connectivity index (χ1v) is 6.40. The number of carbonyl (C=O) groups is 2. The van der Waals surface area contributed by atoms with Crippen molar-refractivity contribution >= 4 is 11.8 Å². The molecule has 0 amide bonds. The molecule has 0 aromatic rings. The standard InChI is InChI=1S/C15H24O3/c1-11(2)14(9-10-15(17)18)8-6-12(3)5-7-13(4)16/h6,8,11,14H,3,5,7,9-10H2,1-2,4H3,(H,17,18)/b8-6+/t14-/m1/s1. The van der Waals surface area contributed by atoms with Crippen molar-refractivity contribution in [1.82, 2.24) is 0 Å². The fourth-order valence-corrected chi connectivity index (χ4v) is 1.62. The molecule has 0 aliphatic heterocycles. The second kappa shape index (κ2) is 8.67. The van der Waals surface area contributed by atoms with E-state index in [1.54, 1.807) is 6.92 Å². The average Bonchev–Trinajstić information content (AvgIpc) is 2.25. The Balaban J connectivity index is 4.25. The van der Waals surface area contributed by atoms with E-state index in [4.69, 9.17) is 5.11 Å². The number of aliphatic carboxylic acids is 1. The fourth-order valence-electron chi connectivity index (χ4n) is 1.62. The first-order valence-electron chi connectivity index (χ1n) is 6.40. The van der Waals surface area contributed by atoms with Crippen LogP contribution in [-0.4, -0.2) is 16.9 Å². The summed E-state index contributed by atoms with van der Waals surface area (Å²) in [5.41, 5.74) is 0.922. The highest BCUT2D eigenvalue weighted by molar-refractivity contribution is 5.75. The minimum Gasteiger partial charge on any atom is -0.481 e. The van der Waals surface area contributed by atoms with Crippen molar-refractivity contribution in [2.45, 2.75) is 46.5 Å². The van der Waals surface area contributed by atoms with Gasteiger partial charge in [0.05, 0.1) is 0 Å². The zero-order valence-electron chi connectivity index (χ0n) is 11.6. The summed E-state index contributed by atoms with van der Waals surface area (Å²) in [5, 5.41) is 8.69. The van der Waals surface area contributed by atoms with E-state index in [0.717, 1.165) is 5.57 Å². The van der Waals surface area contributed by atoms with Crippen molar-refractivity contribution < 1.29 is 14.7 Å². The van der Waals surface area contributed by atoms with Crippen LogP contribution < -0.4 is 0 Å². The minimum absolute atomic E-state index is 0.163. The predicted octanol–water partition coefficient (Wildman–Crippen LogP) is 3.61. The number of carbonyl (C=O) groups excluding carboxylic acids is 1. The topological polar surface area (TPSA) is 54.4 Å². The van der Waals surface area contributed by atoms with E-state index in [-0.39, 0.29) is 18.1 Å². The minimum atomic E-state index is -0.760. The Kier molecular flexibility index (Phi) is 8.01. The van der Waals surface area contributed by atoms with Gasteiger partial charge in [0.1, 0.15) is 5.78 Å². The van der Waals surface area contributed by atoms with Crippen LogP contribution in [0.15, 0.2) is 24.3 Å². The van der Waals surface area contributed by atoms with Gasteiger partial charge < -0.3 is 9.90 Å². The maximum absolute atomic E-state index is 10.8. The molecular weight excluding hydrogens is 228 g/mol. The van der Waals surface area contributed by atoms with Crippen LogP contribution in [0.2, 0.25) is 0 Å². The zero-order chi connectivity index (χ0) is 14.1. The van der Waals surface area contributed by atoms with Crippen LogP contribution in [0, 0.1) is 11.8 Å². The largest absolute Gasteiger partial charge is 0.481 e. The van der Waals surface area contributed by atoms with E-state index < -0.39 is 5.97 Å². The fraction of sp³-hybridized carbons (Fsp3) is 0.600. The molecule has 0 bridgehead atoms. The molecule has 1 atom stereocenters. The number of Topliss-reactive ketones (excluding diaryl/α,β-unsaturated/α-hetero) is 1. The van der Waals surface area contributed by atoms with Crippen LogP contribution in [0.5, 0.6) is 0 Å². The quantitative estimate of drug-likeness (QED) is 0.638. The molecule has 0 unspecified atom stereocenters. The molecule has 3 heteroatoms. The number of rotatable bonds is 9. The molecule has 0 radical (unpaired) electrons. The lowest BCUT2D eigenvalue weighted by atomic mass is 9.90. The van der Waals surface area contributed by atoms with Crippen LogP contribution in [-0.2, 0) is 9.59 Å². The van der Waals surface area contributed by atoms with Crippen LogP contribution in [0.25, 0.3) is 0 Å². The molecule has 0 aromatic heterocycles. The van der Waals surface area contributed by atoms with Gasteiger partial charge in [-0.05, 0) is 31.6 Å². The average molecular weight is 252 g/mol. The summed E-state index contributed by atoms with van der Waals surface area (Å²) in [7, 11) is 0. The lowest BCUT2D eigenvalue weighted by molar-refractivity contribution is -0.137. The van der Waals surface area contributed by atoms with Gasteiger partial charge in [0.25, 0.3) is 0 Å². The summed E-state index contributed by atoms with van der Waals surface area (Å²) >= 11 is 0. The molecule has 0 aromatic carbocycles. The Bertz CT molecular complexity index is 327. The number of allylic oxidation sites excluding steroid dienone is 3. The summed E-state index contributed by atoms with van der Waals surface area (Å²) < 4.78 is 0. The van der Waals surface area contributed by atoms with Crippen molar-refractivity contribution in [3.05, 3.63) is 24.3 Å². The van der Waals surface area contributed by atoms with E-state index >= 15 is 0 Å². The van der Waals surface area contributed by atoms with Crippen molar-refractivity contribution in [2.24, 2.45) is 11.8 Å². The number of carboxylic acids is 1. The van der Waals surface area contributed by atoms with Crippen LogP contribution in [0.3, 0.4) is 0 Å². The Morgan fingerprint density at radius 1 is 1.22 bits per heavy atom. The van der Waals surface area contributed by atoms with Gasteiger partial charge in [0.15, 0.2) is 0 Å². The molecule has 0 fully saturated rings. The molecule has 0 spiro atoms. The molecule has 0 heterocycles. The summed E-state index contributed by atoms with van der Waals surface area (Å²) in [5.74, 6) is 0.0525. The molecule has 18 heavy (non-hydrogen) atoms. The molecule has 0 aliphatic carbocycles. The van der Waals surface area contributed by atoms with Crippen molar-refractivity contribution in [3.8, 4) is 0 Å². The van der Waals surface area contributed by atoms with E-state index in [2.05, 4.69) is 20.4 Å². The normalized spacial score (nSPS) is 12.9. The summed E-state index contributed by atoms with van der Waals surface area (Å²) in [6.07, 6.45) is 5.97. The molecule has 0 aliphatic rings. The summed E-state index contributed by atoms with van der Waals surface area (Å²) in [6, 6.07) is 0. The lowest BCUT2D eigenvalue weighted by Gasteiger charge is -2.15. The van der Waals surface area contributed by atoms with Crippen molar-refractivity contribution in [3.63, 3.8) is 0 Å². The number of hydrogen-bond acceptors (Lipinski definition) is 2. The molecular formula is C15H24O3. The van der Waals surface area contributed by atoms with E-state index in [1.807, 2.05) is 12.2 Å². The van der Waals surface area contributed by atoms with Gasteiger partial charge in [-0.15, -0.1) is 0 Å². The third-order valence-electron chi connectivity index (χ3n) is 2.93. The van der Waals surface area contributed by atoms with E-state index in [0.29, 0.717) is 25.2 Å². The van der Waals surface area contributed by atoms with Crippen LogP contribution in [0.1, 0.15) is 46.5 Å². The third-order valence-corrected chi connectivity index (χ3v) is 2.93. The number of ketones is 1. The van der Waals surface area contributed by atoms with Gasteiger partial charge in [-0.2, -0.15) is 0 Å². The highest BCUT2D eigenvalue weighted by Gasteiger charge is 2.11. The van der Waals surface area contributed by atoms with Crippen molar-refractivity contribution in [2.75, 3.05) is 0 Å². The number of hydrogen-bond donors (Lipinski definition) is 1. The second-order valence-electron chi connectivity index (χ2n) is 5.06. The Morgan fingerprint density at radius 2 is 1.83 bits per heavy atom. The third kappa shape index (κ3) is 8.74. The Labute approximate surface area is 110 Å². The zero-order valence-corrected chi connectivity index (χ0v) is 11.6.